The molecule has 1 atom stereocenters. The van der Waals surface area contributed by atoms with Crippen molar-refractivity contribution in [1.82, 2.24) is 9.78 Å². The second-order valence-corrected chi connectivity index (χ2v) is 8.08. The van der Waals surface area contributed by atoms with E-state index in [1.54, 1.807) is 6.92 Å². The molecule has 30 heavy (non-hydrogen) atoms. The number of carbonyl (C=O) groups excluding carboxylic acids is 1. The van der Waals surface area contributed by atoms with Crippen molar-refractivity contribution < 1.29 is 9.18 Å². The highest BCUT2D eigenvalue weighted by Gasteiger charge is 2.29. The van der Waals surface area contributed by atoms with Gasteiger partial charge in [-0.3, -0.25) is 10.2 Å². The molecule has 158 valence electrons. The van der Waals surface area contributed by atoms with Crippen LogP contribution in [0.5, 0.6) is 0 Å². The predicted molar refractivity (Wildman–Crippen MR) is 119 cm³/mol. The third-order valence-electron chi connectivity index (χ3n) is 5.12. The number of para-hydroxylation sites is 2. The lowest BCUT2D eigenvalue weighted by molar-refractivity contribution is 0.0987. The van der Waals surface area contributed by atoms with E-state index < -0.39 is 11.9 Å². The van der Waals surface area contributed by atoms with Crippen LogP contribution in [0.15, 0.2) is 54.6 Å². The first-order valence-electron chi connectivity index (χ1n) is 10.2. The Morgan fingerprint density at radius 2 is 1.73 bits per heavy atom. The highest BCUT2D eigenvalue weighted by molar-refractivity contribution is 6.08. The van der Waals surface area contributed by atoms with Crippen LogP contribution in [0, 0.1) is 18.8 Å². The van der Waals surface area contributed by atoms with E-state index in [2.05, 4.69) is 31.3 Å². The molecule has 3 rings (SSSR count). The van der Waals surface area contributed by atoms with E-state index >= 15 is 0 Å². The molecule has 0 fully saturated rings. The topological polar surface area (TPSA) is 50.2 Å². The Balaban J connectivity index is 2.10. The minimum absolute atomic E-state index is 0.0350. The molecule has 0 spiro atoms. The number of benzene rings is 2. The van der Waals surface area contributed by atoms with Gasteiger partial charge < -0.3 is 0 Å². The number of nitrogens with one attached hydrogen (secondary N) is 1. The Morgan fingerprint density at radius 1 is 1.10 bits per heavy atom. The van der Waals surface area contributed by atoms with Crippen molar-refractivity contribution in [2.45, 2.75) is 40.0 Å². The second-order valence-electron chi connectivity index (χ2n) is 8.08. The number of hydrazine groups is 1. The molecule has 5 nitrogen and oxygen atoms in total. The number of amides is 1. The van der Waals surface area contributed by atoms with Crippen LogP contribution in [-0.4, -0.2) is 15.7 Å². The molecule has 0 radical (unpaired) electrons. The summed E-state index contributed by atoms with van der Waals surface area (Å²) in [5.74, 6) is -0.387. The average molecular weight is 409 g/mol. The number of aryl methyl sites for hydroxylation is 2. The van der Waals surface area contributed by atoms with Crippen molar-refractivity contribution in [3.05, 3.63) is 77.4 Å². The van der Waals surface area contributed by atoms with Crippen molar-refractivity contribution in [2.24, 2.45) is 13.0 Å². The van der Waals surface area contributed by atoms with E-state index in [0.29, 0.717) is 17.3 Å². The van der Waals surface area contributed by atoms with Gasteiger partial charge in [0, 0.05) is 7.05 Å². The normalized spacial score (nSPS) is 12.1. The fraction of sp³-hybridized carbons (Fsp3) is 0.333. The van der Waals surface area contributed by atoms with Gasteiger partial charge in [0.25, 0.3) is 5.91 Å². The molecule has 0 aliphatic heterocycles. The lowest BCUT2D eigenvalue weighted by atomic mass is 9.90. The molecule has 0 saturated carbocycles. The van der Waals surface area contributed by atoms with Crippen LogP contribution >= 0.6 is 0 Å². The molecule has 0 saturated heterocycles. The summed E-state index contributed by atoms with van der Waals surface area (Å²) in [5.41, 5.74) is 5.98. The van der Waals surface area contributed by atoms with Gasteiger partial charge in [-0.25, -0.2) is 9.69 Å². The molecule has 1 amide bonds. The Labute approximate surface area is 177 Å². The second kappa shape index (κ2) is 9.11. The summed E-state index contributed by atoms with van der Waals surface area (Å²) in [6.07, 6.45) is 0.977. The van der Waals surface area contributed by atoms with Crippen molar-refractivity contribution in [3.8, 4) is 0 Å². The van der Waals surface area contributed by atoms with Crippen LogP contribution in [0.4, 0.5) is 15.8 Å². The van der Waals surface area contributed by atoms with E-state index in [0.717, 1.165) is 22.4 Å². The van der Waals surface area contributed by atoms with Gasteiger partial charge >= 0.3 is 0 Å². The molecule has 0 aliphatic carbocycles. The van der Waals surface area contributed by atoms with Gasteiger partial charge in [0.05, 0.1) is 17.1 Å². The molecule has 2 aromatic carbocycles. The first-order chi connectivity index (χ1) is 14.3. The standard InChI is InChI=1S/C24H29FN4O/c1-16(2)15-17(3)20-13-9-10-14-21(20)29(27-19-11-7-6-8-12-19)24(30)22-18(4)26-28(5)23(22)25/h6-14,16-17,27H,15H2,1-5H3. The van der Waals surface area contributed by atoms with Gasteiger partial charge in [0.15, 0.2) is 0 Å². The molecule has 1 aromatic heterocycles. The lowest BCUT2D eigenvalue weighted by Gasteiger charge is -2.28. The molecule has 6 heteroatoms. The van der Waals surface area contributed by atoms with E-state index in [1.165, 1.54) is 12.1 Å². The minimum Gasteiger partial charge on any atom is -0.291 e. The predicted octanol–water partition coefficient (Wildman–Crippen LogP) is 5.69. The number of rotatable bonds is 7. The van der Waals surface area contributed by atoms with Crippen molar-refractivity contribution in [1.29, 1.82) is 0 Å². The molecule has 0 bridgehead atoms. The highest BCUT2D eigenvalue weighted by Crippen LogP contribution is 2.33. The third-order valence-corrected chi connectivity index (χ3v) is 5.12. The van der Waals surface area contributed by atoms with Crippen LogP contribution in [0.25, 0.3) is 0 Å². The molecular weight excluding hydrogens is 379 g/mol. The molecule has 1 N–H and O–H groups in total. The number of hydrogen-bond donors (Lipinski definition) is 1. The number of carbonyl (C=O) groups is 1. The molecule has 1 heterocycles. The summed E-state index contributed by atoms with van der Waals surface area (Å²) in [6, 6.07) is 17.2. The Bertz CT molecular complexity index is 1010. The summed E-state index contributed by atoms with van der Waals surface area (Å²) in [5, 5.41) is 5.52. The number of halogens is 1. The monoisotopic (exact) mass is 408 g/mol. The zero-order valence-electron chi connectivity index (χ0n) is 18.2. The molecular formula is C24H29FN4O. The maximum absolute atomic E-state index is 14.7. The fourth-order valence-electron chi connectivity index (χ4n) is 3.79. The van der Waals surface area contributed by atoms with Crippen molar-refractivity contribution in [3.63, 3.8) is 0 Å². The number of nitrogens with zero attached hydrogens (tertiary/aromatic N) is 3. The molecule has 0 aliphatic rings. The smallest absolute Gasteiger partial charge is 0.283 e. The maximum atomic E-state index is 14.7. The SMILES string of the molecule is Cc1nn(C)c(F)c1C(=O)N(Nc1ccccc1)c1ccccc1C(C)CC(C)C. The summed E-state index contributed by atoms with van der Waals surface area (Å²) < 4.78 is 15.8. The van der Waals surface area contributed by atoms with Gasteiger partial charge in [0.2, 0.25) is 5.95 Å². The van der Waals surface area contributed by atoms with Gasteiger partial charge in [-0.15, -0.1) is 0 Å². The van der Waals surface area contributed by atoms with Crippen LogP contribution in [-0.2, 0) is 7.05 Å². The zero-order chi connectivity index (χ0) is 21.8. The summed E-state index contributed by atoms with van der Waals surface area (Å²) in [4.78, 5) is 13.6. The summed E-state index contributed by atoms with van der Waals surface area (Å²) in [6.45, 7) is 8.15. The fourth-order valence-corrected chi connectivity index (χ4v) is 3.79. The van der Waals surface area contributed by atoms with E-state index in [4.69, 9.17) is 0 Å². The van der Waals surface area contributed by atoms with E-state index in [9.17, 15) is 9.18 Å². The van der Waals surface area contributed by atoms with Gasteiger partial charge in [0.1, 0.15) is 5.56 Å². The van der Waals surface area contributed by atoms with Crippen molar-refractivity contribution >= 4 is 17.3 Å². The van der Waals surface area contributed by atoms with Crippen molar-refractivity contribution in [2.75, 3.05) is 10.4 Å². The van der Waals surface area contributed by atoms with Gasteiger partial charge in [-0.2, -0.15) is 9.49 Å². The Hall–Kier alpha value is -3.15. The first kappa shape index (κ1) is 21.6. The van der Waals surface area contributed by atoms with E-state index in [1.807, 2.05) is 54.6 Å². The maximum Gasteiger partial charge on any atom is 0.283 e. The Morgan fingerprint density at radius 3 is 2.33 bits per heavy atom. The number of hydrogen-bond acceptors (Lipinski definition) is 3. The highest BCUT2D eigenvalue weighted by atomic mass is 19.1. The number of anilines is 2. The summed E-state index contributed by atoms with van der Waals surface area (Å²) in [7, 11) is 1.49. The molecule has 3 aromatic rings. The van der Waals surface area contributed by atoms with Gasteiger partial charge in [-0.1, -0.05) is 57.2 Å². The minimum atomic E-state index is -0.648. The van der Waals surface area contributed by atoms with Crippen LogP contribution < -0.4 is 10.4 Å². The average Bonchev–Trinajstić information content (AvgIpc) is 2.97. The Kier molecular flexibility index (Phi) is 6.55. The number of aromatic nitrogens is 2. The first-order valence-corrected chi connectivity index (χ1v) is 10.2. The van der Waals surface area contributed by atoms with Crippen LogP contribution in [0.2, 0.25) is 0 Å². The molecule has 1 unspecified atom stereocenters. The van der Waals surface area contributed by atoms with Gasteiger partial charge in [-0.05, 0) is 48.9 Å². The third kappa shape index (κ3) is 4.53. The largest absolute Gasteiger partial charge is 0.291 e. The lowest BCUT2D eigenvalue weighted by Crippen LogP contribution is -2.38. The summed E-state index contributed by atoms with van der Waals surface area (Å²) >= 11 is 0. The zero-order valence-corrected chi connectivity index (χ0v) is 18.2. The quantitative estimate of drug-likeness (QED) is 0.511. The van der Waals surface area contributed by atoms with E-state index in [-0.39, 0.29) is 11.5 Å². The van der Waals surface area contributed by atoms with Crippen LogP contribution in [0.3, 0.4) is 0 Å². The van der Waals surface area contributed by atoms with Crippen LogP contribution in [0.1, 0.15) is 54.7 Å².